The molecule has 0 spiro atoms. The smallest absolute Gasteiger partial charge is 0.272 e. The molecule has 2 N–H and O–H groups in total. The van der Waals surface area contributed by atoms with E-state index in [9.17, 15) is 23.3 Å². The van der Waals surface area contributed by atoms with E-state index in [4.69, 9.17) is 14.2 Å². The van der Waals surface area contributed by atoms with Gasteiger partial charge in [-0.25, -0.2) is 13.1 Å². The molecule has 38 heavy (non-hydrogen) atoms. The molecule has 0 aliphatic carbocycles. The predicted molar refractivity (Wildman–Crippen MR) is 137 cm³/mol. The molecule has 1 aromatic heterocycles. The molecule has 0 atom stereocenters. The molecule has 0 saturated carbocycles. The number of nitro benzene ring substituents is 1. The van der Waals surface area contributed by atoms with Gasteiger partial charge in [0.25, 0.3) is 11.6 Å². The minimum atomic E-state index is -4.24. The summed E-state index contributed by atoms with van der Waals surface area (Å²) in [4.78, 5) is 23.1. The Bertz CT molecular complexity index is 1400. The Kier molecular flexibility index (Phi) is 9.52. The number of non-ortho nitro benzene ring substituents is 1. The number of hydrogen-bond acceptors (Lipinski definition) is 9. The molecule has 0 aliphatic rings. The van der Waals surface area contributed by atoms with Gasteiger partial charge in [-0.15, -0.1) is 0 Å². The van der Waals surface area contributed by atoms with Crippen molar-refractivity contribution in [3.05, 3.63) is 69.4 Å². The second kappa shape index (κ2) is 12.6. The van der Waals surface area contributed by atoms with Gasteiger partial charge in [0.2, 0.25) is 15.9 Å². The van der Waals surface area contributed by atoms with Gasteiger partial charge in [0.1, 0.15) is 10.6 Å². The number of methoxy groups -OCH3 is 2. The number of benzene rings is 2. The van der Waals surface area contributed by atoms with Crippen molar-refractivity contribution >= 4 is 21.6 Å². The lowest BCUT2D eigenvalue weighted by molar-refractivity contribution is -0.385. The zero-order valence-corrected chi connectivity index (χ0v) is 22.2. The molecule has 3 rings (SSSR count). The first-order valence-electron chi connectivity index (χ1n) is 11.5. The van der Waals surface area contributed by atoms with Crippen molar-refractivity contribution in [1.82, 2.24) is 19.8 Å². The highest BCUT2D eigenvalue weighted by atomic mass is 32.2. The summed E-state index contributed by atoms with van der Waals surface area (Å²) in [5.74, 6) is -0.607. The maximum Gasteiger partial charge on any atom is 0.272 e. The monoisotopic (exact) mass is 547 g/mol. The molecule has 14 heteroatoms. The van der Waals surface area contributed by atoms with Gasteiger partial charge in [-0.1, -0.05) is 17.7 Å². The van der Waals surface area contributed by atoms with Gasteiger partial charge >= 0.3 is 0 Å². The molecule has 0 radical (unpaired) electrons. The zero-order chi connectivity index (χ0) is 27.9. The molecule has 0 aliphatic heterocycles. The fraction of sp³-hybridized carbons (Fsp3) is 0.333. The number of nitrogens with one attached hydrogen (secondary N) is 2. The van der Waals surface area contributed by atoms with Gasteiger partial charge in [-0.2, -0.15) is 9.78 Å². The Hall–Kier alpha value is -3.85. The highest BCUT2D eigenvalue weighted by molar-refractivity contribution is 7.89. The quantitative estimate of drug-likeness (QED) is 0.186. The molecule has 13 nitrogen and oxygen atoms in total. The number of rotatable bonds is 13. The van der Waals surface area contributed by atoms with Crippen molar-refractivity contribution in [2.24, 2.45) is 0 Å². The van der Waals surface area contributed by atoms with Gasteiger partial charge in [0.05, 0.1) is 23.8 Å². The Morgan fingerprint density at radius 3 is 2.34 bits per heavy atom. The summed E-state index contributed by atoms with van der Waals surface area (Å²) < 4.78 is 45.7. The fourth-order valence-corrected chi connectivity index (χ4v) is 4.55. The minimum Gasteiger partial charge on any atom is -0.437 e. The van der Waals surface area contributed by atoms with E-state index in [1.54, 1.807) is 19.1 Å². The molecule has 0 saturated heterocycles. The van der Waals surface area contributed by atoms with Gasteiger partial charge < -0.3 is 19.5 Å². The lowest BCUT2D eigenvalue weighted by Gasteiger charge is -2.14. The third kappa shape index (κ3) is 6.72. The van der Waals surface area contributed by atoms with Crippen molar-refractivity contribution in [2.75, 3.05) is 40.5 Å². The van der Waals surface area contributed by atoms with Crippen LogP contribution in [0.1, 0.15) is 21.6 Å². The van der Waals surface area contributed by atoms with E-state index in [0.29, 0.717) is 17.9 Å². The van der Waals surface area contributed by atoms with Crippen LogP contribution in [0.25, 0.3) is 5.69 Å². The second-order valence-electron chi connectivity index (χ2n) is 8.16. The lowest BCUT2D eigenvalue weighted by Crippen LogP contribution is -2.28. The highest BCUT2D eigenvalue weighted by Crippen LogP contribution is 2.35. The first-order chi connectivity index (χ1) is 18.1. The van der Waals surface area contributed by atoms with Crippen LogP contribution in [0.2, 0.25) is 0 Å². The van der Waals surface area contributed by atoms with Crippen molar-refractivity contribution in [2.45, 2.75) is 18.7 Å². The van der Waals surface area contributed by atoms with Crippen LogP contribution in [0.15, 0.2) is 47.4 Å². The molecular formula is C24H29N5O8S. The average Bonchev–Trinajstić information content (AvgIpc) is 3.20. The topological polar surface area (TPSA) is 164 Å². The number of carbonyl (C=O) groups is 1. The molecule has 2 aromatic carbocycles. The molecule has 3 aromatic rings. The van der Waals surface area contributed by atoms with Crippen LogP contribution in [-0.4, -0.2) is 69.6 Å². The average molecular weight is 548 g/mol. The number of hydrogen-bond donors (Lipinski definition) is 2. The Labute approximate surface area is 219 Å². The number of nitrogens with zero attached hydrogens (tertiary/aromatic N) is 3. The van der Waals surface area contributed by atoms with E-state index in [1.807, 2.05) is 19.1 Å². The Morgan fingerprint density at radius 1 is 1.05 bits per heavy atom. The van der Waals surface area contributed by atoms with Crippen molar-refractivity contribution in [3.8, 4) is 17.3 Å². The second-order valence-corrected chi connectivity index (χ2v) is 9.89. The molecule has 0 fully saturated rings. The van der Waals surface area contributed by atoms with E-state index >= 15 is 0 Å². The van der Waals surface area contributed by atoms with Crippen LogP contribution < -0.4 is 14.8 Å². The number of nitro groups is 1. The largest absolute Gasteiger partial charge is 0.437 e. The third-order valence-electron chi connectivity index (χ3n) is 5.39. The summed E-state index contributed by atoms with van der Waals surface area (Å²) in [6.45, 7) is 4.09. The zero-order valence-electron chi connectivity index (χ0n) is 21.4. The first-order valence-corrected chi connectivity index (χ1v) is 13.0. The van der Waals surface area contributed by atoms with E-state index in [-0.39, 0.29) is 37.0 Å². The van der Waals surface area contributed by atoms with Crippen molar-refractivity contribution in [1.29, 1.82) is 0 Å². The molecule has 0 bridgehead atoms. The van der Waals surface area contributed by atoms with Crippen LogP contribution in [0, 0.1) is 24.0 Å². The van der Waals surface area contributed by atoms with Crippen LogP contribution in [0.3, 0.4) is 0 Å². The number of aromatic nitrogens is 2. The standard InChI is InChI=1S/C24H29N5O8S/c1-16-5-7-18(8-6-16)28-24(17(2)22(27-28)23(30)25-11-13-35-3)37-20-10-9-19(29(31)32)15-21(20)38(33,34)26-12-14-36-4/h5-10,15,26H,11-14H2,1-4H3,(H,25,30). The van der Waals surface area contributed by atoms with E-state index in [0.717, 1.165) is 17.7 Å². The number of amides is 1. The molecule has 1 heterocycles. The number of ether oxygens (including phenoxy) is 3. The minimum absolute atomic E-state index is 0.0567. The number of sulfonamides is 1. The van der Waals surface area contributed by atoms with E-state index < -0.39 is 31.4 Å². The van der Waals surface area contributed by atoms with E-state index in [2.05, 4.69) is 15.1 Å². The maximum absolute atomic E-state index is 13.1. The lowest BCUT2D eigenvalue weighted by atomic mass is 10.2. The summed E-state index contributed by atoms with van der Waals surface area (Å²) in [6.07, 6.45) is 0. The normalized spacial score (nSPS) is 11.4. The Balaban J connectivity index is 2.13. The van der Waals surface area contributed by atoms with Crippen LogP contribution >= 0.6 is 0 Å². The number of carbonyl (C=O) groups excluding carboxylic acids is 1. The molecule has 0 unspecified atom stereocenters. The fourth-order valence-electron chi connectivity index (χ4n) is 3.39. The van der Waals surface area contributed by atoms with Crippen molar-refractivity contribution in [3.63, 3.8) is 0 Å². The van der Waals surface area contributed by atoms with Crippen LogP contribution in [-0.2, 0) is 19.5 Å². The highest BCUT2D eigenvalue weighted by Gasteiger charge is 2.27. The third-order valence-corrected chi connectivity index (χ3v) is 6.87. The van der Waals surface area contributed by atoms with Crippen molar-refractivity contribution < 1.29 is 32.3 Å². The first kappa shape index (κ1) is 28.7. The van der Waals surface area contributed by atoms with E-state index in [1.165, 1.54) is 25.0 Å². The summed E-state index contributed by atoms with van der Waals surface area (Å²) in [7, 11) is -1.32. The maximum atomic E-state index is 13.1. The molecule has 204 valence electrons. The molecular weight excluding hydrogens is 518 g/mol. The summed E-state index contributed by atoms with van der Waals surface area (Å²) in [6, 6.07) is 10.4. The van der Waals surface area contributed by atoms with Gasteiger partial charge in [-0.05, 0) is 32.0 Å². The van der Waals surface area contributed by atoms with Gasteiger partial charge in [-0.3, -0.25) is 14.9 Å². The Morgan fingerprint density at radius 2 is 1.71 bits per heavy atom. The summed E-state index contributed by atoms with van der Waals surface area (Å²) >= 11 is 0. The van der Waals surface area contributed by atoms with Gasteiger partial charge in [0, 0.05) is 45.0 Å². The van der Waals surface area contributed by atoms with Gasteiger partial charge in [0.15, 0.2) is 5.69 Å². The van der Waals surface area contributed by atoms with Crippen LogP contribution in [0.5, 0.6) is 11.6 Å². The predicted octanol–water partition coefficient (Wildman–Crippen LogP) is 2.49. The molecule has 1 amide bonds. The summed E-state index contributed by atoms with van der Waals surface area (Å²) in [5.41, 5.74) is 1.49. The van der Waals surface area contributed by atoms with Crippen LogP contribution in [0.4, 0.5) is 5.69 Å². The summed E-state index contributed by atoms with van der Waals surface area (Å²) in [5, 5.41) is 18.5. The number of aryl methyl sites for hydroxylation is 1. The SMILES string of the molecule is COCCNC(=O)c1nn(-c2ccc(C)cc2)c(Oc2ccc([N+](=O)[O-])cc2S(=O)(=O)NCCOC)c1C.